The van der Waals surface area contributed by atoms with Crippen LogP contribution >= 0.6 is 0 Å². The molecule has 5 nitrogen and oxygen atoms in total. The van der Waals surface area contributed by atoms with Gasteiger partial charge in [-0.05, 0) is 32.9 Å². The quantitative estimate of drug-likeness (QED) is 0.785. The number of piperidine rings is 1. The third-order valence-corrected chi connectivity index (χ3v) is 3.93. The molecule has 2 rings (SSSR count). The summed E-state index contributed by atoms with van der Waals surface area (Å²) in [6, 6.07) is 0. The maximum Gasteiger partial charge on any atom is 0.317 e. The highest BCUT2D eigenvalue weighted by atomic mass is 16.5. The molecule has 0 bridgehead atoms. The Hall–Kier alpha value is -0.650. The lowest BCUT2D eigenvalue weighted by molar-refractivity contribution is -0.163. The van der Waals surface area contributed by atoms with Gasteiger partial charge in [0.25, 0.3) is 0 Å². The van der Waals surface area contributed by atoms with E-state index in [4.69, 9.17) is 9.84 Å². The fraction of sp³-hybridized carbons (Fsp3) is 0.917. The molecule has 1 N–H and O–H groups in total. The first kappa shape index (κ1) is 12.8. The Labute approximate surface area is 102 Å². The number of hydrogen-bond donors (Lipinski definition) is 1. The van der Waals surface area contributed by atoms with E-state index in [0.29, 0.717) is 19.8 Å². The number of likely N-dealkylation sites (tertiary alicyclic amines) is 1. The molecule has 2 fully saturated rings. The molecule has 2 saturated heterocycles. The number of hydrogen-bond acceptors (Lipinski definition) is 4. The molecule has 0 amide bonds. The molecule has 2 aliphatic rings. The topological polar surface area (TPSA) is 53.0 Å². The van der Waals surface area contributed by atoms with Gasteiger partial charge in [-0.2, -0.15) is 0 Å². The summed E-state index contributed by atoms with van der Waals surface area (Å²) in [4.78, 5) is 15.4. The molecule has 0 saturated carbocycles. The third-order valence-electron chi connectivity index (χ3n) is 3.93. The molecule has 2 heterocycles. The number of carboxylic acid groups (broad SMARTS) is 1. The average molecular weight is 242 g/mol. The molecule has 0 aliphatic carbocycles. The van der Waals surface area contributed by atoms with Crippen molar-refractivity contribution in [3.8, 4) is 0 Å². The standard InChI is InChI=1S/C12H22N2O3/c1-12(13-5-3-2-4-6-13)10-17-8-7-14(12)9-11(15)16/h2-10H2,1H3,(H,15,16). The van der Waals surface area contributed by atoms with Crippen molar-refractivity contribution < 1.29 is 14.6 Å². The van der Waals surface area contributed by atoms with Crippen LogP contribution in [0.5, 0.6) is 0 Å². The lowest BCUT2D eigenvalue weighted by Crippen LogP contribution is -2.66. The van der Waals surface area contributed by atoms with Gasteiger partial charge in [0.2, 0.25) is 0 Å². The van der Waals surface area contributed by atoms with Crippen molar-refractivity contribution in [1.29, 1.82) is 0 Å². The van der Waals surface area contributed by atoms with Gasteiger partial charge in [-0.15, -0.1) is 0 Å². The molecule has 0 spiro atoms. The average Bonchev–Trinajstić information content (AvgIpc) is 2.33. The van der Waals surface area contributed by atoms with Gasteiger partial charge in [0.05, 0.1) is 25.4 Å². The Morgan fingerprint density at radius 1 is 1.29 bits per heavy atom. The van der Waals surface area contributed by atoms with E-state index in [0.717, 1.165) is 13.1 Å². The van der Waals surface area contributed by atoms with Gasteiger partial charge in [0.15, 0.2) is 0 Å². The molecule has 1 atom stereocenters. The molecule has 5 heteroatoms. The summed E-state index contributed by atoms with van der Waals surface area (Å²) in [7, 11) is 0. The zero-order chi connectivity index (χ0) is 12.3. The second-order valence-electron chi connectivity index (χ2n) is 5.13. The Morgan fingerprint density at radius 2 is 2.00 bits per heavy atom. The maximum atomic E-state index is 10.9. The minimum Gasteiger partial charge on any atom is -0.480 e. The van der Waals surface area contributed by atoms with E-state index in [9.17, 15) is 4.79 Å². The van der Waals surface area contributed by atoms with E-state index in [-0.39, 0.29) is 12.2 Å². The smallest absolute Gasteiger partial charge is 0.317 e. The van der Waals surface area contributed by atoms with Crippen molar-refractivity contribution in [2.75, 3.05) is 39.4 Å². The van der Waals surface area contributed by atoms with Crippen molar-refractivity contribution in [2.45, 2.75) is 31.8 Å². The van der Waals surface area contributed by atoms with Crippen LogP contribution in [0.1, 0.15) is 26.2 Å². The van der Waals surface area contributed by atoms with Crippen LogP contribution in [0.2, 0.25) is 0 Å². The van der Waals surface area contributed by atoms with Crippen LogP contribution in [0.25, 0.3) is 0 Å². The van der Waals surface area contributed by atoms with Crippen LogP contribution in [-0.2, 0) is 9.53 Å². The van der Waals surface area contributed by atoms with Gasteiger partial charge in [-0.25, -0.2) is 0 Å². The largest absolute Gasteiger partial charge is 0.480 e. The molecular weight excluding hydrogens is 220 g/mol. The molecule has 0 aromatic heterocycles. The van der Waals surface area contributed by atoms with Gasteiger partial charge in [0, 0.05) is 6.54 Å². The molecule has 1 unspecified atom stereocenters. The SMILES string of the molecule is CC1(N2CCCCC2)COCCN1CC(=O)O. The van der Waals surface area contributed by atoms with Gasteiger partial charge in [0.1, 0.15) is 0 Å². The summed E-state index contributed by atoms with van der Waals surface area (Å²) >= 11 is 0. The number of carboxylic acids is 1. The minimum absolute atomic E-state index is 0.107. The molecular formula is C12H22N2O3. The highest BCUT2D eigenvalue weighted by Crippen LogP contribution is 2.27. The van der Waals surface area contributed by atoms with E-state index >= 15 is 0 Å². The van der Waals surface area contributed by atoms with E-state index in [1.54, 1.807) is 0 Å². The fourth-order valence-corrected chi connectivity index (χ4v) is 2.85. The normalized spacial score (nSPS) is 32.5. The minimum atomic E-state index is -0.755. The first-order valence-electron chi connectivity index (χ1n) is 6.42. The predicted octanol–water partition coefficient (Wildman–Crippen LogP) is 0.605. The lowest BCUT2D eigenvalue weighted by Gasteiger charge is -2.51. The van der Waals surface area contributed by atoms with Crippen molar-refractivity contribution in [3.05, 3.63) is 0 Å². The Morgan fingerprint density at radius 3 is 2.65 bits per heavy atom. The molecule has 98 valence electrons. The molecule has 0 aromatic carbocycles. The molecule has 17 heavy (non-hydrogen) atoms. The van der Waals surface area contributed by atoms with Crippen LogP contribution in [0, 0.1) is 0 Å². The summed E-state index contributed by atoms with van der Waals surface area (Å²) < 4.78 is 5.57. The predicted molar refractivity (Wildman–Crippen MR) is 63.9 cm³/mol. The summed E-state index contributed by atoms with van der Waals surface area (Å²) in [5.41, 5.74) is -0.239. The van der Waals surface area contributed by atoms with Gasteiger partial charge in [-0.3, -0.25) is 14.6 Å². The van der Waals surface area contributed by atoms with Crippen LogP contribution in [0.15, 0.2) is 0 Å². The summed E-state index contributed by atoms with van der Waals surface area (Å²) in [5, 5.41) is 9.00. The number of aliphatic carboxylic acids is 1. The monoisotopic (exact) mass is 242 g/mol. The van der Waals surface area contributed by atoms with Crippen molar-refractivity contribution in [2.24, 2.45) is 0 Å². The summed E-state index contributed by atoms with van der Waals surface area (Å²) in [6.07, 6.45) is 3.69. The van der Waals surface area contributed by atoms with Gasteiger partial charge in [-0.1, -0.05) is 6.42 Å². The lowest BCUT2D eigenvalue weighted by atomic mass is 10.0. The van der Waals surface area contributed by atoms with Crippen molar-refractivity contribution in [1.82, 2.24) is 9.80 Å². The van der Waals surface area contributed by atoms with Crippen LogP contribution < -0.4 is 0 Å². The highest BCUT2D eigenvalue weighted by molar-refractivity contribution is 5.69. The first-order valence-corrected chi connectivity index (χ1v) is 6.42. The third kappa shape index (κ3) is 2.78. The van der Waals surface area contributed by atoms with Gasteiger partial charge >= 0.3 is 5.97 Å². The number of nitrogens with zero attached hydrogens (tertiary/aromatic N) is 2. The second-order valence-corrected chi connectivity index (χ2v) is 5.13. The fourth-order valence-electron chi connectivity index (χ4n) is 2.85. The summed E-state index contributed by atoms with van der Waals surface area (Å²) in [6.45, 7) is 6.28. The van der Waals surface area contributed by atoms with Crippen molar-refractivity contribution >= 4 is 5.97 Å². The Balaban J connectivity index is 2.08. The number of morpholine rings is 1. The van der Waals surface area contributed by atoms with Crippen LogP contribution in [0.3, 0.4) is 0 Å². The molecule has 0 radical (unpaired) electrons. The van der Waals surface area contributed by atoms with Crippen LogP contribution in [-0.4, -0.2) is 65.9 Å². The highest BCUT2D eigenvalue weighted by Gasteiger charge is 2.41. The zero-order valence-corrected chi connectivity index (χ0v) is 10.5. The number of rotatable bonds is 3. The van der Waals surface area contributed by atoms with Crippen molar-refractivity contribution in [3.63, 3.8) is 0 Å². The number of ether oxygens (including phenoxy) is 1. The molecule has 0 aromatic rings. The first-order chi connectivity index (χ1) is 8.13. The Kier molecular flexibility index (Phi) is 4.01. The second kappa shape index (κ2) is 5.33. The van der Waals surface area contributed by atoms with E-state index < -0.39 is 5.97 Å². The van der Waals surface area contributed by atoms with Gasteiger partial charge < -0.3 is 9.84 Å². The summed E-state index contributed by atoms with van der Waals surface area (Å²) in [5.74, 6) is -0.755. The van der Waals surface area contributed by atoms with E-state index in [1.165, 1.54) is 19.3 Å². The number of carbonyl (C=O) groups is 1. The zero-order valence-electron chi connectivity index (χ0n) is 10.5. The van der Waals surface area contributed by atoms with E-state index in [1.807, 2.05) is 4.90 Å². The van der Waals surface area contributed by atoms with E-state index in [2.05, 4.69) is 11.8 Å². The Bertz CT molecular complexity index is 279. The molecule has 2 aliphatic heterocycles. The maximum absolute atomic E-state index is 10.9. The van der Waals surface area contributed by atoms with Crippen LogP contribution in [0.4, 0.5) is 0 Å².